The van der Waals surface area contributed by atoms with E-state index >= 15 is 0 Å². The van der Waals surface area contributed by atoms with E-state index in [4.69, 9.17) is 0 Å². The molecule has 1 fully saturated rings. The van der Waals surface area contributed by atoms with Crippen LogP contribution in [0.2, 0.25) is 0 Å². The summed E-state index contributed by atoms with van der Waals surface area (Å²) in [5.41, 5.74) is 0.257. The van der Waals surface area contributed by atoms with Gasteiger partial charge < -0.3 is 14.8 Å². The van der Waals surface area contributed by atoms with Crippen LogP contribution in [0, 0.1) is 10.1 Å². The lowest BCUT2D eigenvalue weighted by Crippen LogP contribution is -2.29. The Morgan fingerprint density at radius 2 is 2.15 bits per heavy atom. The average molecular weight is 280 g/mol. The van der Waals surface area contributed by atoms with Gasteiger partial charge in [-0.15, -0.1) is 0 Å². The molecule has 7 heteroatoms. The van der Waals surface area contributed by atoms with Gasteiger partial charge in [-0.05, 0) is 38.9 Å². The maximum Gasteiger partial charge on any atom is 0.287 e. The lowest BCUT2D eigenvalue weighted by Gasteiger charge is -2.14. The maximum atomic E-state index is 11.9. The second kappa shape index (κ2) is 6.51. The van der Waals surface area contributed by atoms with E-state index in [0.717, 1.165) is 26.1 Å². The van der Waals surface area contributed by atoms with Crippen LogP contribution in [0.3, 0.4) is 0 Å². The second-order valence-electron chi connectivity index (χ2n) is 5.11. The van der Waals surface area contributed by atoms with Crippen molar-refractivity contribution in [3.63, 3.8) is 0 Å². The monoisotopic (exact) mass is 280 g/mol. The van der Waals surface area contributed by atoms with E-state index in [0.29, 0.717) is 12.2 Å². The molecule has 2 rings (SSSR count). The van der Waals surface area contributed by atoms with E-state index < -0.39 is 4.92 Å². The van der Waals surface area contributed by atoms with Crippen molar-refractivity contribution in [1.29, 1.82) is 0 Å². The first-order valence-electron chi connectivity index (χ1n) is 6.89. The van der Waals surface area contributed by atoms with Crippen LogP contribution >= 0.6 is 0 Å². The van der Waals surface area contributed by atoms with Gasteiger partial charge in [-0.3, -0.25) is 14.9 Å². The quantitative estimate of drug-likeness (QED) is 0.481. The number of amides is 1. The summed E-state index contributed by atoms with van der Waals surface area (Å²) < 4.78 is 1.48. The van der Waals surface area contributed by atoms with Crippen molar-refractivity contribution in [2.45, 2.75) is 19.3 Å². The Hall–Kier alpha value is -1.89. The van der Waals surface area contributed by atoms with Gasteiger partial charge in [0, 0.05) is 19.7 Å². The molecule has 1 N–H and O–H groups in total. The number of carbonyl (C=O) groups is 1. The fourth-order valence-corrected chi connectivity index (χ4v) is 2.47. The number of aryl methyl sites for hydroxylation is 1. The fourth-order valence-electron chi connectivity index (χ4n) is 2.47. The molecule has 1 aromatic rings. The third-order valence-electron chi connectivity index (χ3n) is 3.57. The summed E-state index contributed by atoms with van der Waals surface area (Å²) in [6, 6.07) is 1.30. The number of rotatable bonds is 6. The van der Waals surface area contributed by atoms with Crippen LogP contribution in [0.15, 0.2) is 12.3 Å². The van der Waals surface area contributed by atoms with Gasteiger partial charge in [0.25, 0.3) is 11.6 Å². The first-order valence-corrected chi connectivity index (χ1v) is 6.89. The molecule has 7 nitrogen and oxygen atoms in total. The molecule has 2 heterocycles. The minimum atomic E-state index is -0.496. The Morgan fingerprint density at radius 3 is 2.75 bits per heavy atom. The zero-order valence-electron chi connectivity index (χ0n) is 11.7. The number of hydrogen-bond donors (Lipinski definition) is 1. The first kappa shape index (κ1) is 14.5. The standard InChI is InChI=1S/C13H20N4O3/c1-15-10-11(17(19)20)9-12(15)13(18)14-5-4-8-16-6-2-3-7-16/h9-10H,2-8H2,1H3,(H,14,18). The second-order valence-corrected chi connectivity index (χ2v) is 5.11. The predicted octanol–water partition coefficient (Wildman–Crippen LogP) is 1.15. The summed E-state index contributed by atoms with van der Waals surface area (Å²) in [6.07, 6.45) is 4.77. The first-order chi connectivity index (χ1) is 9.58. The molecule has 110 valence electrons. The highest BCUT2D eigenvalue weighted by Gasteiger charge is 2.17. The number of carbonyl (C=O) groups excluding carboxylic acids is 1. The Balaban J connectivity index is 1.77. The third-order valence-corrected chi connectivity index (χ3v) is 3.57. The summed E-state index contributed by atoms with van der Waals surface area (Å²) in [4.78, 5) is 24.5. The molecule has 0 unspecified atom stereocenters. The topological polar surface area (TPSA) is 80.4 Å². The van der Waals surface area contributed by atoms with Crippen LogP contribution in [0.4, 0.5) is 5.69 Å². The van der Waals surface area contributed by atoms with Gasteiger partial charge in [0.05, 0.1) is 11.1 Å². The number of nitro groups is 1. The van der Waals surface area contributed by atoms with Crippen molar-refractivity contribution in [1.82, 2.24) is 14.8 Å². The zero-order chi connectivity index (χ0) is 14.5. The van der Waals surface area contributed by atoms with Gasteiger partial charge in [-0.2, -0.15) is 0 Å². The molecule has 1 amide bonds. The average Bonchev–Trinajstić information content (AvgIpc) is 3.03. The molecule has 0 saturated carbocycles. The molecular formula is C13H20N4O3. The molecule has 1 aromatic heterocycles. The molecule has 0 spiro atoms. The van der Waals surface area contributed by atoms with Gasteiger partial charge in [0.2, 0.25) is 0 Å². The normalized spacial score (nSPS) is 15.4. The fraction of sp³-hybridized carbons (Fsp3) is 0.615. The van der Waals surface area contributed by atoms with Crippen molar-refractivity contribution in [2.75, 3.05) is 26.2 Å². The van der Waals surface area contributed by atoms with E-state index in [2.05, 4.69) is 10.2 Å². The number of likely N-dealkylation sites (tertiary alicyclic amines) is 1. The Bertz CT molecular complexity index is 492. The molecule has 1 aliphatic heterocycles. The van der Waals surface area contributed by atoms with E-state index in [1.807, 2.05) is 0 Å². The summed E-state index contributed by atoms with van der Waals surface area (Å²) in [5.74, 6) is -0.262. The Morgan fingerprint density at radius 1 is 1.45 bits per heavy atom. The Kier molecular flexibility index (Phi) is 4.73. The minimum absolute atomic E-state index is 0.0604. The lowest BCUT2D eigenvalue weighted by atomic mass is 10.3. The van der Waals surface area contributed by atoms with Crippen LogP contribution in [0.5, 0.6) is 0 Å². The van der Waals surface area contributed by atoms with Crippen molar-refractivity contribution >= 4 is 11.6 Å². The van der Waals surface area contributed by atoms with Gasteiger partial charge in [0.15, 0.2) is 0 Å². The number of nitrogens with zero attached hydrogens (tertiary/aromatic N) is 3. The molecule has 1 saturated heterocycles. The van der Waals surface area contributed by atoms with Crippen LogP contribution in [0.1, 0.15) is 29.8 Å². The van der Waals surface area contributed by atoms with E-state index in [9.17, 15) is 14.9 Å². The SMILES string of the molecule is Cn1cc([N+](=O)[O-])cc1C(=O)NCCCN1CCCC1. The minimum Gasteiger partial charge on any atom is -0.351 e. The lowest BCUT2D eigenvalue weighted by molar-refractivity contribution is -0.384. The Labute approximate surface area is 117 Å². The number of hydrogen-bond acceptors (Lipinski definition) is 4. The van der Waals surface area contributed by atoms with Gasteiger partial charge in [-0.25, -0.2) is 0 Å². The molecular weight excluding hydrogens is 260 g/mol. The third kappa shape index (κ3) is 3.57. The molecule has 0 radical (unpaired) electrons. The molecule has 0 aliphatic carbocycles. The van der Waals surface area contributed by atoms with E-state index in [-0.39, 0.29) is 11.6 Å². The van der Waals surface area contributed by atoms with Crippen LogP contribution in [-0.4, -0.2) is 46.5 Å². The maximum absolute atomic E-state index is 11.9. The van der Waals surface area contributed by atoms with Gasteiger partial charge in [-0.1, -0.05) is 0 Å². The summed E-state index contributed by atoms with van der Waals surface area (Å²) in [5, 5.41) is 13.5. The van der Waals surface area contributed by atoms with Gasteiger partial charge in [0.1, 0.15) is 5.69 Å². The highest BCUT2D eigenvalue weighted by Crippen LogP contribution is 2.15. The number of nitrogens with one attached hydrogen (secondary N) is 1. The molecule has 0 aromatic carbocycles. The zero-order valence-corrected chi connectivity index (χ0v) is 11.7. The van der Waals surface area contributed by atoms with Crippen molar-refractivity contribution in [3.05, 3.63) is 28.1 Å². The molecule has 0 bridgehead atoms. The van der Waals surface area contributed by atoms with E-state index in [1.54, 1.807) is 7.05 Å². The van der Waals surface area contributed by atoms with Crippen LogP contribution < -0.4 is 5.32 Å². The van der Waals surface area contributed by atoms with Crippen molar-refractivity contribution in [2.24, 2.45) is 7.05 Å². The predicted molar refractivity (Wildman–Crippen MR) is 74.7 cm³/mol. The number of aromatic nitrogens is 1. The van der Waals surface area contributed by atoms with Gasteiger partial charge >= 0.3 is 0 Å². The molecule has 0 atom stereocenters. The van der Waals surface area contributed by atoms with E-state index in [1.165, 1.54) is 29.7 Å². The summed E-state index contributed by atoms with van der Waals surface area (Å²) >= 11 is 0. The van der Waals surface area contributed by atoms with Crippen molar-refractivity contribution in [3.8, 4) is 0 Å². The largest absolute Gasteiger partial charge is 0.351 e. The smallest absolute Gasteiger partial charge is 0.287 e. The summed E-state index contributed by atoms with van der Waals surface area (Å²) in [7, 11) is 1.63. The van der Waals surface area contributed by atoms with Crippen LogP contribution in [0.25, 0.3) is 0 Å². The highest BCUT2D eigenvalue weighted by molar-refractivity contribution is 5.93. The van der Waals surface area contributed by atoms with Crippen molar-refractivity contribution < 1.29 is 9.72 Å². The molecule has 20 heavy (non-hydrogen) atoms. The van der Waals surface area contributed by atoms with Crippen LogP contribution in [-0.2, 0) is 7.05 Å². The summed E-state index contributed by atoms with van der Waals surface area (Å²) in [6.45, 7) is 3.89. The highest BCUT2D eigenvalue weighted by atomic mass is 16.6. The molecule has 1 aliphatic rings.